The largest absolute Gasteiger partial charge is 0.352 e. The Morgan fingerprint density at radius 3 is 2.74 bits per heavy atom. The number of unbranched alkanes of at least 4 members (excludes halogenated alkanes) is 2. The summed E-state index contributed by atoms with van der Waals surface area (Å²) >= 11 is 0. The van der Waals surface area contributed by atoms with Crippen molar-refractivity contribution in [2.24, 2.45) is 0 Å². The van der Waals surface area contributed by atoms with E-state index in [0.717, 1.165) is 19.1 Å². The van der Waals surface area contributed by atoms with E-state index in [-0.39, 0.29) is 10.8 Å². The number of benzene rings is 1. The maximum Gasteiger partial charge on any atom is 0.251 e. The van der Waals surface area contributed by atoms with Crippen LogP contribution in [-0.4, -0.2) is 27.1 Å². The first-order valence-corrected chi connectivity index (χ1v) is 7.86. The first-order valence-electron chi connectivity index (χ1n) is 5.97. The number of sulfone groups is 1. The van der Waals surface area contributed by atoms with Crippen LogP contribution in [0.1, 0.15) is 29.6 Å². The van der Waals surface area contributed by atoms with E-state index in [1.807, 2.05) is 0 Å². The zero-order valence-electron chi connectivity index (χ0n) is 10.8. The summed E-state index contributed by atoms with van der Waals surface area (Å²) in [5.41, 5.74) is 0.347. The Morgan fingerprint density at radius 2 is 2.11 bits per heavy atom. The van der Waals surface area contributed by atoms with Crippen LogP contribution in [0.4, 0.5) is 0 Å². The summed E-state index contributed by atoms with van der Waals surface area (Å²) in [7, 11) is -3.29. The predicted molar refractivity (Wildman–Crippen MR) is 74.6 cm³/mol. The maximum absolute atomic E-state index is 11.8. The van der Waals surface area contributed by atoms with Crippen LogP contribution in [0.2, 0.25) is 0 Å². The van der Waals surface area contributed by atoms with Gasteiger partial charge in [0.25, 0.3) is 5.91 Å². The van der Waals surface area contributed by atoms with E-state index in [2.05, 4.69) is 11.2 Å². The van der Waals surface area contributed by atoms with Gasteiger partial charge in [0.2, 0.25) is 0 Å². The zero-order chi connectivity index (χ0) is 14.3. The molecular formula is C14H17NO3S. The molecule has 1 N–H and O–H groups in total. The summed E-state index contributed by atoms with van der Waals surface area (Å²) in [6.07, 6.45) is 8.60. The highest BCUT2D eigenvalue weighted by molar-refractivity contribution is 7.90. The molecule has 0 atom stereocenters. The van der Waals surface area contributed by atoms with E-state index >= 15 is 0 Å². The van der Waals surface area contributed by atoms with Gasteiger partial charge < -0.3 is 5.32 Å². The summed E-state index contributed by atoms with van der Waals surface area (Å²) in [5, 5.41) is 2.73. The number of amides is 1. The van der Waals surface area contributed by atoms with Crippen LogP contribution in [0.3, 0.4) is 0 Å². The SMILES string of the molecule is C#CCCCCNC(=O)c1cccc(S(C)(=O)=O)c1. The lowest BCUT2D eigenvalue weighted by Gasteiger charge is -2.06. The molecule has 102 valence electrons. The van der Waals surface area contributed by atoms with Crippen molar-refractivity contribution in [1.82, 2.24) is 5.32 Å². The molecule has 0 fully saturated rings. The predicted octanol–water partition coefficient (Wildman–Crippen LogP) is 1.62. The average molecular weight is 279 g/mol. The topological polar surface area (TPSA) is 63.2 Å². The lowest BCUT2D eigenvalue weighted by molar-refractivity contribution is 0.0953. The number of terminal acetylenes is 1. The van der Waals surface area contributed by atoms with E-state index in [0.29, 0.717) is 18.5 Å². The Bertz CT molecular complexity index is 585. The average Bonchev–Trinajstić information content (AvgIpc) is 2.37. The van der Waals surface area contributed by atoms with E-state index < -0.39 is 9.84 Å². The number of hydrogen-bond donors (Lipinski definition) is 1. The third-order valence-electron chi connectivity index (χ3n) is 2.56. The van der Waals surface area contributed by atoms with Crippen molar-refractivity contribution in [2.75, 3.05) is 12.8 Å². The van der Waals surface area contributed by atoms with Gasteiger partial charge in [-0.1, -0.05) is 6.07 Å². The number of hydrogen-bond acceptors (Lipinski definition) is 3. The molecule has 5 heteroatoms. The second-order valence-corrected chi connectivity index (χ2v) is 6.23. The Balaban J connectivity index is 2.61. The molecule has 1 rings (SSSR count). The normalized spacial score (nSPS) is 10.7. The fraction of sp³-hybridized carbons (Fsp3) is 0.357. The maximum atomic E-state index is 11.8. The summed E-state index contributed by atoms with van der Waals surface area (Å²) in [6, 6.07) is 6.00. The minimum atomic E-state index is -3.29. The van der Waals surface area contributed by atoms with Crippen molar-refractivity contribution in [3.05, 3.63) is 29.8 Å². The van der Waals surface area contributed by atoms with Crippen LogP contribution in [-0.2, 0) is 9.84 Å². The van der Waals surface area contributed by atoms with Gasteiger partial charge in [0, 0.05) is 24.8 Å². The molecule has 0 unspecified atom stereocenters. The fourth-order valence-corrected chi connectivity index (χ4v) is 2.19. The summed E-state index contributed by atoms with van der Waals surface area (Å²) in [5.74, 6) is 2.26. The van der Waals surface area contributed by atoms with Gasteiger partial charge in [0.1, 0.15) is 0 Å². The van der Waals surface area contributed by atoms with Crippen molar-refractivity contribution in [1.29, 1.82) is 0 Å². The highest BCUT2D eigenvalue weighted by Crippen LogP contribution is 2.11. The van der Waals surface area contributed by atoms with Crippen LogP contribution >= 0.6 is 0 Å². The third kappa shape index (κ3) is 5.14. The molecule has 0 saturated carbocycles. The molecule has 0 saturated heterocycles. The Hall–Kier alpha value is -1.80. The van der Waals surface area contributed by atoms with E-state index in [9.17, 15) is 13.2 Å². The van der Waals surface area contributed by atoms with Crippen LogP contribution < -0.4 is 5.32 Å². The lowest BCUT2D eigenvalue weighted by Crippen LogP contribution is -2.24. The number of nitrogens with one attached hydrogen (secondary N) is 1. The van der Waals surface area contributed by atoms with Crippen molar-refractivity contribution < 1.29 is 13.2 Å². The molecule has 0 aromatic heterocycles. The molecule has 1 aromatic carbocycles. The van der Waals surface area contributed by atoms with Gasteiger partial charge in [-0.2, -0.15) is 0 Å². The summed E-state index contributed by atoms with van der Waals surface area (Å²) in [6.45, 7) is 0.531. The minimum Gasteiger partial charge on any atom is -0.352 e. The van der Waals surface area contributed by atoms with Gasteiger partial charge in [-0.05, 0) is 31.0 Å². The molecule has 0 heterocycles. The van der Waals surface area contributed by atoms with Crippen LogP contribution in [0, 0.1) is 12.3 Å². The Labute approximate surface area is 114 Å². The van der Waals surface area contributed by atoms with Gasteiger partial charge in [0.05, 0.1) is 4.90 Å². The number of carbonyl (C=O) groups excluding carboxylic acids is 1. The number of carbonyl (C=O) groups is 1. The van der Waals surface area contributed by atoms with E-state index in [4.69, 9.17) is 6.42 Å². The van der Waals surface area contributed by atoms with Gasteiger partial charge >= 0.3 is 0 Å². The molecule has 0 spiro atoms. The lowest BCUT2D eigenvalue weighted by atomic mass is 10.2. The molecule has 0 aliphatic carbocycles. The van der Waals surface area contributed by atoms with Gasteiger partial charge in [-0.25, -0.2) is 8.42 Å². The zero-order valence-corrected chi connectivity index (χ0v) is 11.7. The van der Waals surface area contributed by atoms with Crippen molar-refractivity contribution in [3.63, 3.8) is 0 Å². The molecule has 0 radical (unpaired) electrons. The van der Waals surface area contributed by atoms with Crippen molar-refractivity contribution in [2.45, 2.75) is 24.2 Å². The van der Waals surface area contributed by atoms with Gasteiger partial charge in [0.15, 0.2) is 9.84 Å². The molecular weight excluding hydrogens is 262 g/mol. The molecule has 0 aliphatic heterocycles. The first kappa shape index (κ1) is 15.3. The van der Waals surface area contributed by atoms with Gasteiger partial charge in [-0.15, -0.1) is 12.3 Å². The minimum absolute atomic E-state index is 0.146. The highest BCUT2D eigenvalue weighted by atomic mass is 32.2. The Morgan fingerprint density at radius 1 is 1.37 bits per heavy atom. The van der Waals surface area contributed by atoms with Crippen LogP contribution in [0.15, 0.2) is 29.2 Å². The molecule has 19 heavy (non-hydrogen) atoms. The van der Waals surface area contributed by atoms with Crippen LogP contribution in [0.5, 0.6) is 0 Å². The molecule has 4 nitrogen and oxygen atoms in total. The monoisotopic (exact) mass is 279 g/mol. The first-order chi connectivity index (χ1) is 8.95. The van der Waals surface area contributed by atoms with E-state index in [1.165, 1.54) is 12.1 Å². The van der Waals surface area contributed by atoms with E-state index in [1.54, 1.807) is 12.1 Å². The van der Waals surface area contributed by atoms with Crippen molar-refractivity contribution >= 4 is 15.7 Å². The summed E-state index contributed by atoms with van der Waals surface area (Å²) in [4.78, 5) is 12.0. The number of rotatable bonds is 6. The van der Waals surface area contributed by atoms with Crippen molar-refractivity contribution in [3.8, 4) is 12.3 Å². The second-order valence-electron chi connectivity index (χ2n) is 4.22. The highest BCUT2D eigenvalue weighted by Gasteiger charge is 2.10. The quantitative estimate of drug-likeness (QED) is 0.636. The molecule has 1 amide bonds. The standard InChI is InChI=1S/C14H17NO3S/c1-3-4-5-6-10-15-14(16)12-8-7-9-13(11-12)19(2,17)18/h1,7-9,11H,4-6,10H2,2H3,(H,15,16). The molecule has 1 aromatic rings. The summed E-state index contributed by atoms with van der Waals surface area (Å²) < 4.78 is 22.8. The third-order valence-corrected chi connectivity index (χ3v) is 3.67. The molecule has 0 aliphatic rings. The second kappa shape index (κ2) is 6.95. The smallest absolute Gasteiger partial charge is 0.251 e. The fourth-order valence-electron chi connectivity index (χ4n) is 1.52. The van der Waals surface area contributed by atoms with Gasteiger partial charge in [-0.3, -0.25) is 4.79 Å². The van der Waals surface area contributed by atoms with Crippen LogP contribution in [0.25, 0.3) is 0 Å². The molecule has 0 bridgehead atoms. The Kier molecular flexibility index (Phi) is 5.58.